The third kappa shape index (κ3) is 3.46. The smallest absolute Gasteiger partial charge is 0.284 e. The van der Waals surface area contributed by atoms with Crippen molar-refractivity contribution in [2.45, 2.75) is 6.10 Å². The molecule has 1 amide bonds. The van der Waals surface area contributed by atoms with Crippen LogP contribution in [0.4, 0.5) is 0 Å². The molecule has 0 bridgehead atoms. The lowest BCUT2D eigenvalue weighted by atomic mass is 10.2. The topological polar surface area (TPSA) is 59.9 Å². The van der Waals surface area contributed by atoms with E-state index >= 15 is 0 Å². The monoisotopic (exact) mass is 360 g/mol. The molecule has 112 valence electrons. The van der Waals surface area contributed by atoms with Crippen molar-refractivity contribution in [1.82, 2.24) is 5.43 Å². The highest BCUT2D eigenvalue weighted by Gasteiger charge is 2.26. The number of hydrazone groups is 1. The van der Waals surface area contributed by atoms with Gasteiger partial charge in [-0.05, 0) is 29.8 Å². The van der Waals surface area contributed by atoms with Crippen molar-refractivity contribution < 1.29 is 14.3 Å². The fraction of sp³-hybridized carbons (Fsp3) is 0.125. The van der Waals surface area contributed by atoms with Crippen LogP contribution in [0.25, 0.3) is 0 Å². The van der Waals surface area contributed by atoms with Gasteiger partial charge in [0.05, 0.1) is 6.21 Å². The van der Waals surface area contributed by atoms with Crippen molar-refractivity contribution in [2.75, 3.05) is 6.61 Å². The number of ether oxygens (including phenoxy) is 2. The van der Waals surface area contributed by atoms with Crippen LogP contribution in [0.1, 0.15) is 5.56 Å². The molecule has 0 radical (unpaired) electrons. The average Bonchev–Trinajstić information content (AvgIpc) is 2.56. The van der Waals surface area contributed by atoms with Gasteiger partial charge in [0.2, 0.25) is 6.10 Å². The summed E-state index contributed by atoms with van der Waals surface area (Å²) in [5.74, 6) is 0.860. The summed E-state index contributed by atoms with van der Waals surface area (Å²) in [6.45, 7) is 0.163. The minimum atomic E-state index is -0.711. The maximum Gasteiger partial charge on any atom is 0.284 e. The quantitative estimate of drug-likeness (QED) is 0.676. The Morgan fingerprint density at radius 3 is 2.68 bits per heavy atom. The predicted molar refractivity (Wildman–Crippen MR) is 86.2 cm³/mol. The summed E-state index contributed by atoms with van der Waals surface area (Å²) in [7, 11) is 0. The molecule has 0 saturated carbocycles. The van der Waals surface area contributed by atoms with E-state index < -0.39 is 6.10 Å². The third-order valence-electron chi connectivity index (χ3n) is 3.06. The molecule has 0 aromatic heterocycles. The van der Waals surface area contributed by atoms with Crippen LogP contribution in [0.5, 0.6) is 11.5 Å². The average molecular weight is 361 g/mol. The Kier molecular flexibility index (Phi) is 4.39. The summed E-state index contributed by atoms with van der Waals surface area (Å²) in [6.07, 6.45) is 0.860. The molecular weight excluding hydrogens is 348 g/mol. The van der Waals surface area contributed by atoms with Crippen molar-refractivity contribution in [1.29, 1.82) is 0 Å². The van der Waals surface area contributed by atoms with Gasteiger partial charge in [0.1, 0.15) is 6.61 Å². The van der Waals surface area contributed by atoms with Crippen LogP contribution in [0.2, 0.25) is 0 Å². The first-order chi connectivity index (χ1) is 10.7. The first-order valence-corrected chi connectivity index (χ1v) is 7.48. The van der Waals surface area contributed by atoms with Crippen LogP contribution in [-0.2, 0) is 4.79 Å². The van der Waals surface area contributed by atoms with Gasteiger partial charge in [0, 0.05) is 4.47 Å². The lowest BCUT2D eigenvalue weighted by Gasteiger charge is -2.24. The second kappa shape index (κ2) is 6.62. The highest BCUT2D eigenvalue weighted by Crippen LogP contribution is 2.30. The van der Waals surface area contributed by atoms with Crippen molar-refractivity contribution in [2.24, 2.45) is 5.10 Å². The Bertz CT molecular complexity index is 701. The van der Waals surface area contributed by atoms with E-state index in [0.717, 1.165) is 10.0 Å². The zero-order valence-electron chi connectivity index (χ0n) is 11.5. The van der Waals surface area contributed by atoms with Crippen LogP contribution >= 0.6 is 15.9 Å². The summed E-state index contributed by atoms with van der Waals surface area (Å²) in [4.78, 5) is 12.0. The first-order valence-electron chi connectivity index (χ1n) is 6.69. The highest BCUT2D eigenvalue weighted by molar-refractivity contribution is 9.10. The van der Waals surface area contributed by atoms with Crippen molar-refractivity contribution in [3.8, 4) is 11.5 Å². The van der Waals surface area contributed by atoms with E-state index in [2.05, 4.69) is 26.5 Å². The molecule has 0 spiro atoms. The Morgan fingerprint density at radius 1 is 1.18 bits per heavy atom. The molecule has 1 N–H and O–H groups in total. The highest BCUT2D eigenvalue weighted by atomic mass is 79.9. The van der Waals surface area contributed by atoms with Gasteiger partial charge in [-0.2, -0.15) is 5.10 Å². The van der Waals surface area contributed by atoms with E-state index in [1.165, 1.54) is 0 Å². The first kappa shape index (κ1) is 14.6. The molecule has 5 nitrogen and oxygen atoms in total. The van der Waals surface area contributed by atoms with E-state index in [-0.39, 0.29) is 12.5 Å². The SMILES string of the molecule is O=C(NN=Cc1ccc(Br)cc1)C1COc2ccccc2O1. The van der Waals surface area contributed by atoms with Gasteiger partial charge in [0.15, 0.2) is 11.5 Å². The normalized spacial score (nSPS) is 16.5. The molecular formula is C16H13BrN2O3. The standard InChI is InChI=1S/C16H13BrN2O3/c17-12-7-5-11(6-8-12)9-18-19-16(20)15-10-21-13-3-1-2-4-14(13)22-15/h1-9,15H,10H2,(H,19,20). The van der Waals surface area contributed by atoms with E-state index in [1.807, 2.05) is 36.4 Å². The summed E-state index contributed by atoms with van der Waals surface area (Å²) < 4.78 is 12.1. The van der Waals surface area contributed by atoms with Crippen LogP contribution in [0.3, 0.4) is 0 Å². The van der Waals surface area contributed by atoms with Gasteiger partial charge in [-0.1, -0.05) is 40.2 Å². The molecule has 1 heterocycles. The molecule has 2 aromatic rings. The van der Waals surface area contributed by atoms with Crippen molar-refractivity contribution >= 4 is 28.1 Å². The zero-order valence-corrected chi connectivity index (χ0v) is 13.1. The number of carbonyl (C=O) groups excluding carboxylic acids is 1. The molecule has 3 rings (SSSR count). The van der Waals surface area contributed by atoms with E-state index in [0.29, 0.717) is 11.5 Å². The van der Waals surface area contributed by atoms with Gasteiger partial charge in [-0.3, -0.25) is 4.79 Å². The van der Waals surface area contributed by atoms with E-state index in [1.54, 1.807) is 18.3 Å². The molecule has 22 heavy (non-hydrogen) atoms. The lowest BCUT2D eigenvalue weighted by Crippen LogP contribution is -2.42. The Labute approximate surface area is 136 Å². The molecule has 6 heteroatoms. The number of carbonyl (C=O) groups is 1. The van der Waals surface area contributed by atoms with Crippen LogP contribution < -0.4 is 14.9 Å². The molecule has 1 unspecified atom stereocenters. The molecule has 1 atom stereocenters. The third-order valence-corrected chi connectivity index (χ3v) is 3.59. The Hall–Kier alpha value is -2.34. The molecule has 1 aliphatic heterocycles. The summed E-state index contributed by atoms with van der Waals surface area (Å²) in [5, 5.41) is 3.93. The Morgan fingerprint density at radius 2 is 1.91 bits per heavy atom. The maximum atomic E-state index is 12.0. The number of nitrogens with zero attached hydrogens (tertiary/aromatic N) is 1. The lowest BCUT2D eigenvalue weighted by molar-refractivity contribution is -0.130. The number of para-hydroxylation sites is 2. The van der Waals surface area contributed by atoms with Gasteiger partial charge < -0.3 is 9.47 Å². The van der Waals surface area contributed by atoms with E-state index in [4.69, 9.17) is 9.47 Å². The summed E-state index contributed by atoms with van der Waals surface area (Å²) >= 11 is 3.36. The number of nitrogens with one attached hydrogen (secondary N) is 1. The molecule has 2 aromatic carbocycles. The van der Waals surface area contributed by atoms with Crippen molar-refractivity contribution in [3.63, 3.8) is 0 Å². The number of benzene rings is 2. The van der Waals surface area contributed by atoms with Gasteiger partial charge >= 0.3 is 0 Å². The molecule has 0 aliphatic carbocycles. The molecule has 0 fully saturated rings. The van der Waals surface area contributed by atoms with Crippen LogP contribution in [0, 0.1) is 0 Å². The fourth-order valence-electron chi connectivity index (χ4n) is 1.94. The largest absolute Gasteiger partial charge is 0.485 e. The number of hydrogen-bond acceptors (Lipinski definition) is 4. The van der Waals surface area contributed by atoms with Crippen LogP contribution in [-0.4, -0.2) is 24.8 Å². The van der Waals surface area contributed by atoms with Gasteiger partial charge in [-0.25, -0.2) is 5.43 Å². The fourth-order valence-corrected chi connectivity index (χ4v) is 2.20. The number of halogens is 1. The van der Waals surface area contributed by atoms with Crippen molar-refractivity contribution in [3.05, 3.63) is 58.6 Å². The number of amides is 1. The summed E-state index contributed by atoms with van der Waals surface area (Å²) in [5.41, 5.74) is 3.34. The number of fused-ring (bicyclic) bond motifs is 1. The van der Waals surface area contributed by atoms with E-state index in [9.17, 15) is 4.79 Å². The minimum Gasteiger partial charge on any atom is -0.485 e. The van der Waals surface area contributed by atoms with Gasteiger partial charge in [-0.15, -0.1) is 0 Å². The second-order valence-corrected chi connectivity index (χ2v) is 5.57. The van der Waals surface area contributed by atoms with Gasteiger partial charge in [0.25, 0.3) is 5.91 Å². The number of hydrogen-bond donors (Lipinski definition) is 1. The zero-order chi connectivity index (χ0) is 15.4. The Balaban J connectivity index is 1.58. The second-order valence-electron chi connectivity index (χ2n) is 4.65. The minimum absolute atomic E-state index is 0.163. The van der Waals surface area contributed by atoms with Crippen LogP contribution in [0.15, 0.2) is 58.1 Å². The number of rotatable bonds is 3. The molecule has 0 saturated heterocycles. The summed E-state index contributed by atoms with van der Waals surface area (Å²) in [6, 6.07) is 14.8. The maximum absolute atomic E-state index is 12.0. The predicted octanol–water partition coefficient (Wildman–Crippen LogP) is 2.74. The molecule has 1 aliphatic rings.